The number of rotatable bonds is 10. The van der Waals surface area contributed by atoms with Crippen LogP contribution in [0.1, 0.15) is 186 Å². The predicted molar refractivity (Wildman–Crippen MR) is 362 cm³/mol. The van der Waals surface area contributed by atoms with Crippen LogP contribution in [0.25, 0.3) is 22.6 Å². The molecule has 2 saturated carbocycles. The molecule has 0 radical (unpaired) electrons. The van der Waals surface area contributed by atoms with E-state index in [1.165, 1.54) is 33.0 Å². The van der Waals surface area contributed by atoms with Crippen molar-refractivity contribution in [1.82, 2.24) is 39.0 Å². The Morgan fingerprint density at radius 3 is 1.51 bits per heavy atom. The predicted octanol–water partition coefficient (Wildman–Crippen LogP) is 12.2. The molecule has 0 spiro atoms. The number of halogens is 3. The zero-order valence-corrected chi connectivity index (χ0v) is 55.1. The molecular formula is C68H82BBrF2N12O6S2. The molecule has 7 aliphatic rings. The van der Waals surface area contributed by atoms with Crippen molar-refractivity contribution < 1.29 is 37.3 Å². The molecular weight excluding hydrogens is 1270 g/mol. The highest BCUT2D eigenvalue weighted by Crippen LogP contribution is 2.44. The van der Waals surface area contributed by atoms with E-state index < -0.39 is 35.0 Å². The Morgan fingerprint density at radius 1 is 0.609 bits per heavy atom. The number of nitrogens with two attached hydrogens (primary N) is 2. The first kappa shape index (κ1) is 66.3. The maximum Gasteiger partial charge on any atom is 0.497 e. The Morgan fingerprint density at radius 2 is 1.07 bits per heavy atom. The largest absolute Gasteiger partial charge is 0.497 e. The molecule has 8 aromatic rings. The van der Waals surface area contributed by atoms with E-state index >= 15 is 4.39 Å². The summed E-state index contributed by atoms with van der Waals surface area (Å²) in [6.45, 7) is 19.3. The second kappa shape index (κ2) is 25.0. The Kier molecular flexibility index (Phi) is 18.0. The molecule has 4 N–H and O–H groups in total. The highest BCUT2D eigenvalue weighted by molar-refractivity contribution is 9.10. The van der Waals surface area contributed by atoms with E-state index in [1.807, 2.05) is 96.0 Å². The van der Waals surface area contributed by atoms with Gasteiger partial charge in [-0.25, -0.2) is 27.8 Å². The highest BCUT2D eigenvalue weighted by Gasteiger charge is 2.53. The van der Waals surface area contributed by atoms with Gasteiger partial charge in [-0.2, -0.15) is 10.2 Å². The van der Waals surface area contributed by atoms with Crippen molar-refractivity contribution in [3.05, 3.63) is 143 Å². The molecule has 4 atom stereocenters. The molecule has 3 saturated heterocycles. The maximum atomic E-state index is 15.5. The minimum Gasteiger partial charge on any atom is -0.399 e. The van der Waals surface area contributed by atoms with Gasteiger partial charge >= 0.3 is 7.12 Å². The number of anilines is 2. The number of thiophene rings is 2. The molecule has 486 valence electrons. The summed E-state index contributed by atoms with van der Waals surface area (Å²) < 4.78 is 46.5. The summed E-state index contributed by atoms with van der Waals surface area (Å²) >= 11 is 6.96. The number of hydrogen-bond donors (Lipinski definition) is 2. The van der Waals surface area contributed by atoms with Crippen molar-refractivity contribution in [3.8, 4) is 11.3 Å². The number of fused-ring (bicyclic) bond motifs is 4. The van der Waals surface area contributed by atoms with Crippen molar-refractivity contribution >= 4 is 97.5 Å². The fourth-order valence-corrected chi connectivity index (χ4v) is 15.4. The molecule has 2 unspecified atom stereocenters. The van der Waals surface area contributed by atoms with Crippen molar-refractivity contribution in [2.45, 2.75) is 157 Å². The van der Waals surface area contributed by atoms with Crippen LogP contribution in [0.4, 0.5) is 20.2 Å². The molecule has 11 heterocycles. The molecule has 92 heavy (non-hydrogen) atoms. The van der Waals surface area contributed by atoms with Gasteiger partial charge in [0.25, 0.3) is 11.8 Å². The fraction of sp³-hybridized carbons (Fsp3) is 0.471. The van der Waals surface area contributed by atoms with E-state index in [-0.39, 0.29) is 56.4 Å². The van der Waals surface area contributed by atoms with E-state index in [0.717, 1.165) is 72.4 Å². The zero-order valence-electron chi connectivity index (χ0n) is 51.9. The number of nitrogens with zero attached hydrogens (tertiary/aromatic N) is 10. The van der Waals surface area contributed by atoms with E-state index in [2.05, 4.69) is 62.8 Å². The third-order valence-electron chi connectivity index (χ3n) is 20.0. The van der Waals surface area contributed by atoms with Crippen LogP contribution in [-0.2, 0) is 31.7 Å². The molecule has 18 nitrogen and oxygen atoms in total. The molecule has 5 fully saturated rings. The highest BCUT2D eigenvalue weighted by atomic mass is 79.9. The van der Waals surface area contributed by atoms with Crippen LogP contribution in [0.15, 0.2) is 88.2 Å². The Bertz CT molecular complexity index is 4170. The first-order valence-electron chi connectivity index (χ1n) is 31.0. The summed E-state index contributed by atoms with van der Waals surface area (Å²) in [4.78, 5) is 70.3. The van der Waals surface area contributed by atoms with Crippen LogP contribution < -0.4 is 26.7 Å². The maximum absolute atomic E-state index is 15.5. The van der Waals surface area contributed by atoms with Crippen molar-refractivity contribution in [2.24, 2.45) is 22.3 Å². The number of aromatic nitrogens is 6. The molecule has 2 aromatic carbocycles. The van der Waals surface area contributed by atoms with Gasteiger partial charge in [-0.15, -0.1) is 22.7 Å². The third kappa shape index (κ3) is 12.4. The number of benzene rings is 2. The first-order valence-corrected chi connectivity index (χ1v) is 33.6. The van der Waals surface area contributed by atoms with Crippen LogP contribution in [0.3, 0.4) is 0 Å². The number of hydrogen-bond acceptors (Lipinski definition) is 14. The minimum atomic E-state index is -0.728. The topological polar surface area (TPSA) is 212 Å². The number of amides is 4. The van der Waals surface area contributed by atoms with Gasteiger partial charge in [-0.1, -0.05) is 20.9 Å². The molecule has 24 heteroatoms. The summed E-state index contributed by atoms with van der Waals surface area (Å²) in [6, 6.07) is 21.9. The quantitative estimate of drug-likeness (QED) is 0.122. The Labute approximate surface area is 553 Å². The van der Waals surface area contributed by atoms with Gasteiger partial charge in [-0.05, 0) is 199 Å². The standard InChI is InChI=1S/C30H31FN6O2S.C18H26BFN2O3.C18H17BrN4OS.2CH4/c1-17-20-8-12-40-26(20)7-10-36(17)28(38)24-14-25(18-3-4-18)37-27(33-24)15-23(34-37)21-6-5-19(13-22(21)31)35-11-9-30(2,16-35)29(32)39;1-16(2)17(3,4)25-19(24-16)13-7-6-12(10-14(13)20)22-9-8-18(5,11-22)15(21)23;1-10-12-5-7-25-15(12)4-6-22(10)18(24)13-8-14(11-2-3-11)23-17(20-13)9-16(19)21-23;;/h5-6,8,12-15,17-18H,3-4,7,9-11,16H2,1-2H3,(H2,32,39);6-7,10H,8-9,11H2,1-5H3,(H2,21,23);5,7-11H,2-4,6H2,1H3;2*1H4/t17-,30?;;10-;;/m1.1../s1. The van der Waals surface area contributed by atoms with E-state index in [4.69, 9.17) is 30.9 Å². The Hall–Kier alpha value is -7.12. The van der Waals surface area contributed by atoms with Crippen LogP contribution in [0.5, 0.6) is 0 Å². The molecule has 4 amide bonds. The second-order valence-corrected chi connectivity index (χ2v) is 29.6. The lowest BCUT2D eigenvalue weighted by atomic mass is 9.78. The smallest absolute Gasteiger partial charge is 0.399 e. The molecule has 2 aliphatic carbocycles. The molecule has 15 rings (SSSR count). The van der Waals surface area contributed by atoms with Gasteiger partial charge < -0.3 is 40.4 Å². The second-order valence-electron chi connectivity index (χ2n) is 26.8. The van der Waals surface area contributed by atoms with Gasteiger partial charge in [0.2, 0.25) is 11.8 Å². The lowest BCUT2D eigenvalue weighted by molar-refractivity contribution is -0.126. The van der Waals surface area contributed by atoms with E-state index in [0.29, 0.717) is 96.8 Å². The average Bonchev–Trinajstić information content (AvgIpc) is 1.59. The molecule has 0 bridgehead atoms. The van der Waals surface area contributed by atoms with Gasteiger partial charge in [0.1, 0.15) is 27.6 Å². The van der Waals surface area contributed by atoms with Gasteiger partial charge in [0, 0.05) is 107 Å². The monoisotopic (exact) mass is 1350 g/mol. The van der Waals surface area contributed by atoms with E-state index in [9.17, 15) is 23.6 Å². The first-order chi connectivity index (χ1) is 42.8. The number of carbonyl (C=O) groups excluding carboxylic acids is 4. The summed E-state index contributed by atoms with van der Waals surface area (Å²) in [7, 11) is -0.728. The third-order valence-corrected chi connectivity index (χ3v) is 22.4. The van der Waals surface area contributed by atoms with Crippen LogP contribution >= 0.6 is 38.6 Å². The lowest BCUT2D eigenvalue weighted by Crippen LogP contribution is -2.41. The van der Waals surface area contributed by atoms with Crippen LogP contribution in [-0.4, -0.2) is 120 Å². The SMILES string of the molecule is C.C.CC1(C(N)=O)CCN(c2ccc(B3OC(C)(C)C(C)(C)O3)c(F)c2)C1.C[C@@H]1c2ccsc2CCN1C(=O)c1cc(C2CC2)n2nc(-c3ccc(N4CCC(C)(C(N)=O)C4)cc3F)cc2n1.C[C@@H]1c2ccsc2CCN1C(=O)c1cc(C2CC2)n2nc(Br)cc2n1. The summed E-state index contributed by atoms with van der Waals surface area (Å²) in [6.07, 6.45) is 7.46. The van der Waals surface area contributed by atoms with Crippen molar-refractivity contribution in [1.29, 1.82) is 0 Å². The molecule has 5 aliphatic heterocycles. The summed E-state index contributed by atoms with van der Waals surface area (Å²) in [5.41, 5.74) is 18.3. The number of primary amides is 2. The van der Waals surface area contributed by atoms with Crippen LogP contribution in [0, 0.1) is 22.5 Å². The van der Waals surface area contributed by atoms with Gasteiger partial charge in [0.05, 0.1) is 39.8 Å². The van der Waals surface area contributed by atoms with Crippen LogP contribution in [0.2, 0.25) is 0 Å². The Balaban J connectivity index is 0.000000146. The van der Waals surface area contributed by atoms with E-state index in [1.54, 1.807) is 45.4 Å². The van der Waals surface area contributed by atoms with Crippen molar-refractivity contribution in [2.75, 3.05) is 49.1 Å². The zero-order chi connectivity index (χ0) is 63.5. The summed E-state index contributed by atoms with van der Waals surface area (Å²) in [5.74, 6) is -0.675. The van der Waals surface area contributed by atoms with Gasteiger partial charge in [0.15, 0.2) is 11.3 Å². The molecule has 6 aromatic heterocycles. The van der Waals surface area contributed by atoms with Gasteiger partial charge in [-0.3, -0.25) is 19.2 Å². The minimum absolute atomic E-state index is 0. The fourth-order valence-electron chi connectivity index (χ4n) is 13.1. The summed E-state index contributed by atoms with van der Waals surface area (Å²) in [5, 5.41) is 13.4. The number of carbonyl (C=O) groups is 4. The lowest BCUT2D eigenvalue weighted by Gasteiger charge is -2.33. The van der Waals surface area contributed by atoms with Crippen molar-refractivity contribution in [3.63, 3.8) is 0 Å². The average molecular weight is 1360 g/mol. The normalized spacial score (nSPS) is 22.8.